The number of ether oxygens (including phenoxy) is 1. The fourth-order valence-corrected chi connectivity index (χ4v) is 6.21. The number of amides is 9. The van der Waals surface area contributed by atoms with Gasteiger partial charge in [0.25, 0.3) is 0 Å². The van der Waals surface area contributed by atoms with E-state index >= 15 is 0 Å². The van der Waals surface area contributed by atoms with Gasteiger partial charge in [0.1, 0.15) is 0 Å². The van der Waals surface area contributed by atoms with Crippen molar-refractivity contribution in [3.8, 4) is 0 Å². The van der Waals surface area contributed by atoms with Crippen molar-refractivity contribution in [1.82, 2.24) is 36.4 Å². The third-order valence-corrected chi connectivity index (χ3v) is 9.42. The zero-order chi connectivity index (χ0) is 36.3. The summed E-state index contributed by atoms with van der Waals surface area (Å²) in [4.78, 5) is 112. The lowest BCUT2D eigenvalue weighted by atomic mass is 10.1. The van der Waals surface area contributed by atoms with E-state index in [4.69, 9.17) is 4.74 Å². The Morgan fingerprint density at radius 1 is 0.673 bits per heavy atom. The van der Waals surface area contributed by atoms with Crippen LogP contribution in [0.2, 0.25) is 0 Å². The lowest BCUT2D eigenvalue weighted by molar-refractivity contribution is -0.140. The van der Waals surface area contributed by atoms with Gasteiger partial charge < -0.3 is 31.3 Å². The summed E-state index contributed by atoms with van der Waals surface area (Å²) >= 11 is 2.58. The van der Waals surface area contributed by atoms with E-state index in [0.29, 0.717) is 6.61 Å². The molecule has 0 spiro atoms. The van der Waals surface area contributed by atoms with Crippen molar-refractivity contribution in [1.29, 1.82) is 0 Å². The topological polar surface area (TPSA) is 229 Å². The lowest BCUT2D eigenvalue weighted by Gasteiger charge is -2.19. The van der Waals surface area contributed by atoms with Gasteiger partial charge in [-0.2, -0.15) is 23.5 Å². The number of hydrogen-bond donors (Lipinski definition) is 5. The average molecular weight is 730 g/mol. The number of imide groups is 2. The molecule has 0 aliphatic carbocycles. The van der Waals surface area contributed by atoms with Crippen LogP contribution in [-0.2, 0) is 47.9 Å². The Labute approximate surface area is 293 Å². The first kappa shape index (κ1) is 41.5. The maximum atomic E-state index is 12.6. The van der Waals surface area contributed by atoms with Crippen molar-refractivity contribution in [2.45, 2.75) is 68.4 Å². The molecule has 2 aliphatic heterocycles. The van der Waals surface area contributed by atoms with Crippen molar-refractivity contribution < 1.29 is 47.9 Å². The van der Waals surface area contributed by atoms with Crippen LogP contribution in [0.25, 0.3) is 0 Å². The summed E-state index contributed by atoms with van der Waals surface area (Å²) < 4.78 is 5.19. The molecule has 2 atom stereocenters. The van der Waals surface area contributed by atoms with Crippen LogP contribution in [0, 0.1) is 0 Å². The Morgan fingerprint density at radius 3 is 1.45 bits per heavy atom. The molecule has 2 aliphatic rings. The molecule has 9 amide bonds. The van der Waals surface area contributed by atoms with Crippen LogP contribution >= 0.6 is 23.5 Å². The second kappa shape index (κ2) is 22.1. The Morgan fingerprint density at radius 2 is 1.08 bits per heavy atom. The van der Waals surface area contributed by atoms with Crippen LogP contribution in [0.15, 0.2) is 0 Å². The van der Waals surface area contributed by atoms with Gasteiger partial charge in [-0.1, -0.05) is 0 Å². The van der Waals surface area contributed by atoms with E-state index in [1.54, 1.807) is 19.4 Å². The summed E-state index contributed by atoms with van der Waals surface area (Å²) in [5.41, 5.74) is 0. The molecule has 2 saturated heterocycles. The van der Waals surface area contributed by atoms with Crippen LogP contribution in [0.1, 0.15) is 51.9 Å². The number of carbonyl (C=O) groups excluding carboxylic acids is 9. The van der Waals surface area contributed by atoms with Crippen LogP contribution < -0.4 is 26.6 Å². The Hall–Kier alpha value is -3.71. The molecule has 17 nitrogen and oxygen atoms in total. The largest absolute Gasteiger partial charge is 0.381 e. The Balaban J connectivity index is 1.71. The minimum Gasteiger partial charge on any atom is -0.381 e. The van der Waals surface area contributed by atoms with Gasteiger partial charge in [0, 0.05) is 96.9 Å². The highest BCUT2D eigenvalue weighted by atomic mass is 32.2. The second-order valence-corrected chi connectivity index (χ2v) is 13.2. The normalized spacial score (nSPS) is 18.0. The maximum absolute atomic E-state index is 12.6. The van der Waals surface area contributed by atoms with E-state index in [1.807, 2.05) is 0 Å². The summed E-state index contributed by atoms with van der Waals surface area (Å²) in [6, 6.07) is -0.848. The highest BCUT2D eigenvalue weighted by Gasteiger charge is 2.38. The van der Waals surface area contributed by atoms with Gasteiger partial charge in [-0.05, 0) is 19.4 Å². The molecule has 0 bridgehead atoms. The summed E-state index contributed by atoms with van der Waals surface area (Å²) in [7, 11) is 0. The highest BCUT2D eigenvalue weighted by Crippen LogP contribution is 2.24. The number of nitrogens with one attached hydrogen (secondary N) is 5. The van der Waals surface area contributed by atoms with Crippen LogP contribution in [0.3, 0.4) is 0 Å². The molecule has 274 valence electrons. The Bertz CT molecular complexity index is 1160. The molecule has 2 unspecified atom stereocenters. The molecular formula is C30H47N7O10S2. The minimum atomic E-state index is -0.848. The third-order valence-electron chi connectivity index (χ3n) is 7.54. The predicted molar refractivity (Wildman–Crippen MR) is 181 cm³/mol. The minimum absolute atomic E-state index is 0.0199. The highest BCUT2D eigenvalue weighted by molar-refractivity contribution is 8.00. The molecule has 0 aromatic heterocycles. The first-order chi connectivity index (χ1) is 23.4. The van der Waals surface area contributed by atoms with Crippen molar-refractivity contribution >= 4 is 76.7 Å². The van der Waals surface area contributed by atoms with E-state index in [1.165, 1.54) is 23.5 Å². The summed E-state index contributed by atoms with van der Waals surface area (Å²) in [5, 5.41) is 12.3. The van der Waals surface area contributed by atoms with E-state index < -0.39 is 46.1 Å². The molecule has 0 aromatic carbocycles. The van der Waals surface area contributed by atoms with E-state index in [0.717, 1.165) is 9.80 Å². The van der Waals surface area contributed by atoms with Gasteiger partial charge in [0.05, 0.1) is 17.1 Å². The molecule has 0 aromatic rings. The first-order valence-electron chi connectivity index (χ1n) is 16.1. The molecule has 2 heterocycles. The molecule has 19 heteroatoms. The summed E-state index contributed by atoms with van der Waals surface area (Å²) in [6.45, 7) is 2.64. The third kappa shape index (κ3) is 14.7. The standard InChI is InChI=1S/C30H47N7O10S2/c1-4-47-14-7-24(40)35-19(15-25(41)33-10-8-31-22(38)5-12-36-27(43)17-20(48-2)29(36)45)16-26(42)34-11-9-32-23(39)6-13-37-28(44)18-21(49-3)30(37)46/h19-21H,4-18H2,1-3H3,(H,31,38)(H,32,39)(H,33,41)(H,34,42)(H,35,40). The Kier molecular flexibility index (Phi) is 18.7. The van der Waals surface area contributed by atoms with E-state index in [9.17, 15) is 43.2 Å². The van der Waals surface area contributed by atoms with Crippen molar-refractivity contribution in [2.75, 3.05) is 65.0 Å². The number of likely N-dealkylation sites (tertiary alicyclic amines) is 2. The van der Waals surface area contributed by atoms with Gasteiger partial charge in [0.2, 0.25) is 53.2 Å². The number of nitrogens with zero attached hydrogens (tertiary/aromatic N) is 2. The van der Waals surface area contributed by atoms with E-state index in [2.05, 4.69) is 26.6 Å². The fourth-order valence-electron chi connectivity index (χ4n) is 4.93. The van der Waals surface area contributed by atoms with Crippen molar-refractivity contribution in [3.63, 3.8) is 0 Å². The maximum Gasteiger partial charge on any atom is 0.242 e. The smallest absolute Gasteiger partial charge is 0.242 e. The van der Waals surface area contributed by atoms with Gasteiger partial charge >= 0.3 is 0 Å². The monoisotopic (exact) mass is 729 g/mol. The van der Waals surface area contributed by atoms with Gasteiger partial charge in [0.15, 0.2) is 0 Å². The molecular weight excluding hydrogens is 683 g/mol. The van der Waals surface area contributed by atoms with E-state index in [-0.39, 0.29) is 114 Å². The SMILES string of the molecule is CCOCCC(=O)NC(CC(=O)NCCNC(=O)CCN1C(=O)CC(SC)C1=O)CC(=O)NCCNC(=O)CCN1C(=O)CC(SC)C1=O. The molecule has 0 saturated carbocycles. The zero-order valence-corrected chi connectivity index (χ0v) is 29.8. The molecule has 2 fully saturated rings. The molecule has 0 radical (unpaired) electrons. The van der Waals surface area contributed by atoms with Gasteiger partial charge in [-0.3, -0.25) is 53.0 Å². The van der Waals surface area contributed by atoms with Gasteiger partial charge in [-0.15, -0.1) is 0 Å². The number of hydrogen-bond acceptors (Lipinski definition) is 12. The zero-order valence-electron chi connectivity index (χ0n) is 28.1. The summed E-state index contributed by atoms with van der Waals surface area (Å²) in [6.07, 6.45) is 3.18. The second-order valence-electron chi connectivity index (χ2n) is 11.1. The van der Waals surface area contributed by atoms with Crippen LogP contribution in [-0.4, -0.2) is 144 Å². The average Bonchev–Trinajstić information content (AvgIpc) is 3.50. The molecule has 5 N–H and O–H groups in total. The molecule has 49 heavy (non-hydrogen) atoms. The fraction of sp³-hybridized carbons (Fsp3) is 0.700. The number of thioether (sulfide) groups is 2. The van der Waals surface area contributed by atoms with Crippen molar-refractivity contribution in [3.05, 3.63) is 0 Å². The quantitative estimate of drug-likeness (QED) is 0.0563. The van der Waals surface area contributed by atoms with Crippen molar-refractivity contribution in [2.24, 2.45) is 0 Å². The molecule has 2 rings (SSSR count). The number of rotatable bonds is 23. The van der Waals surface area contributed by atoms with Crippen LogP contribution in [0.5, 0.6) is 0 Å². The number of carbonyl (C=O) groups is 9. The first-order valence-corrected chi connectivity index (χ1v) is 18.7. The van der Waals surface area contributed by atoms with Gasteiger partial charge in [-0.25, -0.2) is 0 Å². The van der Waals surface area contributed by atoms with Crippen LogP contribution in [0.4, 0.5) is 0 Å². The predicted octanol–water partition coefficient (Wildman–Crippen LogP) is -2.10. The lowest BCUT2D eigenvalue weighted by Crippen LogP contribution is -2.44. The summed E-state index contributed by atoms with van der Waals surface area (Å²) in [5.74, 6) is -3.36.